The smallest absolute Gasteiger partial charge is 0.328 e. The van der Waals surface area contributed by atoms with Crippen LogP contribution >= 0.6 is 22.9 Å². The predicted molar refractivity (Wildman–Crippen MR) is 178 cm³/mol. The molecule has 6 atom stereocenters. The topological polar surface area (TPSA) is 156 Å². The molecule has 2 aliphatic heterocycles. The predicted octanol–water partition coefficient (Wildman–Crippen LogP) is 5.42. The Labute approximate surface area is 287 Å². The van der Waals surface area contributed by atoms with Crippen molar-refractivity contribution in [1.29, 1.82) is 0 Å². The number of primary amides is 1. The normalized spacial score (nSPS) is 27.9. The standard InChI is InChI=1S/C35H29ClFN5O6S/c1-14-19-11-16(36)5-9-25(19)49-29(14)23-13-26(40(3)39-23)41-31(45)21-12-20-17(6-7-18-27(20)32(46)42(30(18)44)34(38)48)28(35(21,2)33(41)47)15-4-8-24(43)22(37)10-15/h4-6,8-11,13,18,20-21,27-28,43H,7,12H2,1-3H3,(H2,38,48). The Hall–Kier alpha value is -4.88. The molecular weight excluding hydrogens is 673 g/mol. The summed E-state index contributed by atoms with van der Waals surface area (Å²) in [6.45, 7) is 3.63. The number of carbonyl (C=O) groups excluding carboxylic acids is 5. The molecule has 2 aromatic heterocycles. The summed E-state index contributed by atoms with van der Waals surface area (Å²) in [6.07, 6.45) is 1.91. The van der Waals surface area contributed by atoms with Crippen molar-refractivity contribution < 1.29 is 33.5 Å². The fraction of sp³-hybridized carbons (Fsp3) is 0.314. The Kier molecular flexibility index (Phi) is 6.76. The van der Waals surface area contributed by atoms with Crippen LogP contribution in [0.1, 0.15) is 36.8 Å². The van der Waals surface area contributed by atoms with Crippen LogP contribution in [0.3, 0.4) is 0 Å². The molecule has 0 bridgehead atoms. The largest absolute Gasteiger partial charge is 0.505 e. The average molecular weight is 702 g/mol. The number of hydrogen-bond donors (Lipinski definition) is 2. The van der Waals surface area contributed by atoms with E-state index in [1.54, 1.807) is 26.1 Å². The first kappa shape index (κ1) is 31.4. The zero-order valence-corrected chi connectivity index (χ0v) is 28.0. The Morgan fingerprint density at radius 3 is 2.55 bits per heavy atom. The molecule has 1 saturated carbocycles. The van der Waals surface area contributed by atoms with Crippen molar-refractivity contribution in [1.82, 2.24) is 14.7 Å². The Balaban J connectivity index is 1.26. The number of nitrogens with zero attached hydrogens (tertiary/aromatic N) is 4. The van der Waals surface area contributed by atoms with Gasteiger partial charge in [0, 0.05) is 28.8 Å². The van der Waals surface area contributed by atoms with Crippen LogP contribution in [-0.2, 0) is 26.2 Å². The number of rotatable bonds is 3. The van der Waals surface area contributed by atoms with Crippen molar-refractivity contribution in [2.24, 2.45) is 41.9 Å². The van der Waals surface area contributed by atoms with Gasteiger partial charge in [0.15, 0.2) is 11.6 Å². The van der Waals surface area contributed by atoms with Gasteiger partial charge >= 0.3 is 6.03 Å². The highest BCUT2D eigenvalue weighted by Crippen LogP contribution is 2.63. The van der Waals surface area contributed by atoms with Gasteiger partial charge in [-0.25, -0.2) is 14.1 Å². The first-order valence-corrected chi connectivity index (χ1v) is 16.9. The molecule has 6 amide bonds. The number of aromatic nitrogens is 2. The minimum Gasteiger partial charge on any atom is -0.505 e. The lowest BCUT2D eigenvalue weighted by Crippen LogP contribution is -2.49. The molecule has 2 aromatic carbocycles. The van der Waals surface area contributed by atoms with Crippen LogP contribution in [-0.4, -0.2) is 49.4 Å². The lowest BCUT2D eigenvalue weighted by atomic mass is 9.51. The van der Waals surface area contributed by atoms with E-state index in [-0.39, 0.29) is 18.7 Å². The minimum atomic E-state index is -1.45. The fourth-order valence-electron chi connectivity index (χ4n) is 8.75. The van der Waals surface area contributed by atoms with E-state index in [1.807, 2.05) is 25.1 Å². The number of phenolic OH excluding ortho intramolecular Hbond substituents is 1. The van der Waals surface area contributed by atoms with Crippen molar-refractivity contribution in [2.45, 2.75) is 32.6 Å². The van der Waals surface area contributed by atoms with E-state index in [2.05, 4.69) is 0 Å². The van der Waals surface area contributed by atoms with Crippen LogP contribution in [0.15, 0.2) is 54.1 Å². The number of amides is 6. The van der Waals surface area contributed by atoms with Gasteiger partial charge in [0.05, 0.1) is 28.0 Å². The molecule has 250 valence electrons. The summed E-state index contributed by atoms with van der Waals surface area (Å²) in [5.74, 6) is -8.19. The summed E-state index contributed by atoms with van der Waals surface area (Å²) in [5.41, 5.74) is 6.42. The number of benzene rings is 2. The van der Waals surface area contributed by atoms with Gasteiger partial charge in [-0.1, -0.05) is 29.3 Å². The SMILES string of the molecule is Cc1c(-c2cc(N3C(=O)C4CC5C(=CCC6C(=O)N(C(N)=O)C(=O)C65)C(c5ccc(O)c(F)c5)C4(C)C3=O)n(C)n2)sc2ccc(Cl)cc12. The molecule has 49 heavy (non-hydrogen) atoms. The number of fused-ring (bicyclic) bond motifs is 5. The molecule has 2 aliphatic carbocycles. The fourth-order valence-corrected chi connectivity index (χ4v) is 10.1. The molecule has 14 heteroatoms. The highest BCUT2D eigenvalue weighted by atomic mass is 35.5. The summed E-state index contributed by atoms with van der Waals surface area (Å²) in [5, 5.41) is 16.3. The molecule has 6 unspecified atom stereocenters. The van der Waals surface area contributed by atoms with E-state index >= 15 is 0 Å². The number of thiophene rings is 1. The van der Waals surface area contributed by atoms with Crippen LogP contribution in [0.5, 0.6) is 5.75 Å². The van der Waals surface area contributed by atoms with E-state index in [1.165, 1.54) is 28.2 Å². The van der Waals surface area contributed by atoms with Gasteiger partial charge in [0.2, 0.25) is 23.6 Å². The number of carbonyl (C=O) groups is 5. The third-order valence-corrected chi connectivity index (χ3v) is 12.5. The van der Waals surface area contributed by atoms with Crippen LogP contribution in [0.25, 0.3) is 20.7 Å². The van der Waals surface area contributed by atoms with Gasteiger partial charge in [-0.05, 0) is 79.5 Å². The summed E-state index contributed by atoms with van der Waals surface area (Å²) >= 11 is 7.77. The van der Waals surface area contributed by atoms with Gasteiger partial charge in [0.1, 0.15) is 11.5 Å². The summed E-state index contributed by atoms with van der Waals surface area (Å²) in [4.78, 5) is 70.7. The second-order valence-corrected chi connectivity index (χ2v) is 14.9. The summed E-state index contributed by atoms with van der Waals surface area (Å²) < 4.78 is 17.4. The van der Waals surface area contributed by atoms with E-state index < -0.39 is 76.2 Å². The number of allylic oxidation sites excluding steroid dienone is 2. The van der Waals surface area contributed by atoms with E-state index in [0.29, 0.717) is 26.8 Å². The lowest BCUT2D eigenvalue weighted by Gasteiger charge is -2.49. The third-order valence-electron chi connectivity index (χ3n) is 11.0. The van der Waals surface area contributed by atoms with E-state index in [4.69, 9.17) is 22.4 Å². The highest BCUT2D eigenvalue weighted by Gasteiger charge is 2.68. The molecule has 0 spiro atoms. The Bertz CT molecular complexity index is 2250. The van der Waals surface area contributed by atoms with Crippen molar-refractivity contribution in [3.63, 3.8) is 0 Å². The monoisotopic (exact) mass is 701 g/mol. The number of aromatic hydroxyl groups is 1. The van der Waals surface area contributed by atoms with Crippen LogP contribution in [0, 0.1) is 41.8 Å². The molecular formula is C35H29ClFN5O6S. The van der Waals surface area contributed by atoms with Crippen molar-refractivity contribution >= 4 is 68.5 Å². The first-order valence-electron chi connectivity index (χ1n) is 15.7. The molecule has 8 rings (SSSR count). The number of imide groups is 4. The van der Waals surface area contributed by atoms with Crippen LogP contribution in [0.4, 0.5) is 15.0 Å². The number of phenols is 1. The Morgan fingerprint density at radius 1 is 1.08 bits per heavy atom. The molecule has 4 heterocycles. The second kappa shape index (κ2) is 10.6. The second-order valence-electron chi connectivity index (χ2n) is 13.4. The molecule has 4 aromatic rings. The maximum absolute atomic E-state index is 15.0. The zero-order valence-electron chi connectivity index (χ0n) is 26.4. The molecule has 0 radical (unpaired) electrons. The summed E-state index contributed by atoms with van der Waals surface area (Å²) in [7, 11) is 1.64. The Morgan fingerprint density at radius 2 is 1.84 bits per heavy atom. The van der Waals surface area contributed by atoms with E-state index in [0.717, 1.165) is 31.5 Å². The maximum atomic E-state index is 15.0. The number of hydrogen-bond acceptors (Lipinski definition) is 8. The molecule has 2 saturated heterocycles. The van der Waals surface area contributed by atoms with Crippen LogP contribution in [0.2, 0.25) is 5.02 Å². The summed E-state index contributed by atoms with van der Waals surface area (Å²) in [6, 6.07) is 9.95. The van der Waals surface area contributed by atoms with Gasteiger partial charge in [-0.2, -0.15) is 10.00 Å². The zero-order chi connectivity index (χ0) is 34.8. The highest BCUT2D eigenvalue weighted by molar-refractivity contribution is 7.22. The van der Waals surface area contributed by atoms with Gasteiger partial charge in [-0.3, -0.25) is 23.9 Å². The van der Waals surface area contributed by atoms with Gasteiger partial charge in [0.25, 0.3) is 0 Å². The third kappa shape index (κ3) is 4.18. The van der Waals surface area contributed by atoms with Crippen molar-refractivity contribution in [3.8, 4) is 16.3 Å². The van der Waals surface area contributed by atoms with Gasteiger partial charge in [-0.15, -0.1) is 11.3 Å². The maximum Gasteiger partial charge on any atom is 0.328 e. The van der Waals surface area contributed by atoms with E-state index in [9.17, 15) is 33.5 Å². The quantitative estimate of drug-likeness (QED) is 0.214. The number of aryl methyl sites for hydroxylation is 2. The number of urea groups is 1. The molecule has 3 N–H and O–H groups in total. The van der Waals surface area contributed by atoms with Crippen LogP contribution < -0.4 is 10.6 Å². The lowest BCUT2D eigenvalue weighted by molar-refractivity contribution is -0.136. The molecule has 3 fully saturated rings. The number of halogens is 2. The first-order chi connectivity index (χ1) is 23.2. The minimum absolute atomic E-state index is 0.0359. The van der Waals surface area contributed by atoms with Crippen molar-refractivity contribution in [3.05, 3.63) is 76.1 Å². The number of likely N-dealkylation sites (tertiary alicyclic amines) is 1. The average Bonchev–Trinajstić information content (AvgIpc) is 3.72. The molecule has 11 nitrogen and oxygen atoms in total. The molecule has 4 aliphatic rings. The van der Waals surface area contributed by atoms with Gasteiger partial charge < -0.3 is 10.8 Å². The van der Waals surface area contributed by atoms with Crippen molar-refractivity contribution in [2.75, 3.05) is 4.90 Å². The number of anilines is 1. The number of nitrogens with two attached hydrogens (primary N) is 1.